The van der Waals surface area contributed by atoms with Gasteiger partial charge in [0.2, 0.25) is 11.8 Å². The number of fused-ring (bicyclic) bond motifs is 5. The number of esters is 1. The SMILES string of the molecule is O=C(COC(=O)CN1C(=O)[C@@H]2[C@H]3C[C@@H]([C@H](Cl)[C@@H]3Cl)[C@@H]2C1=O)Nc1ccccc1. The topological polar surface area (TPSA) is 92.8 Å². The largest absolute Gasteiger partial charge is 0.454 e. The Kier molecular flexibility index (Phi) is 5.05. The number of benzene rings is 1. The fraction of sp³-hybridized carbons (Fsp3) is 0.474. The summed E-state index contributed by atoms with van der Waals surface area (Å²) < 4.78 is 4.92. The molecular weight excluding hydrogens is 407 g/mol. The summed E-state index contributed by atoms with van der Waals surface area (Å²) in [5.74, 6) is -3.44. The molecule has 1 heterocycles. The Morgan fingerprint density at radius 1 is 1.04 bits per heavy atom. The molecule has 148 valence electrons. The second kappa shape index (κ2) is 7.37. The number of hydrogen-bond acceptors (Lipinski definition) is 5. The summed E-state index contributed by atoms with van der Waals surface area (Å²) in [6.07, 6.45) is 0.660. The Morgan fingerprint density at radius 3 is 2.18 bits per heavy atom. The van der Waals surface area contributed by atoms with Crippen LogP contribution in [0.25, 0.3) is 0 Å². The molecule has 3 fully saturated rings. The van der Waals surface area contributed by atoms with Crippen LogP contribution in [0.2, 0.25) is 0 Å². The fourth-order valence-corrected chi connectivity index (χ4v) is 5.50. The van der Waals surface area contributed by atoms with Gasteiger partial charge >= 0.3 is 5.97 Å². The number of carbonyl (C=O) groups excluding carboxylic acids is 4. The van der Waals surface area contributed by atoms with Gasteiger partial charge in [-0.05, 0) is 30.4 Å². The number of anilines is 1. The Hall–Kier alpha value is -2.12. The maximum atomic E-state index is 12.7. The smallest absolute Gasteiger partial charge is 0.326 e. The summed E-state index contributed by atoms with van der Waals surface area (Å²) in [4.78, 5) is 50.2. The first kappa shape index (κ1) is 19.2. The van der Waals surface area contributed by atoms with E-state index in [0.717, 1.165) is 4.90 Å². The van der Waals surface area contributed by atoms with Crippen molar-refractivity contribution in [1.82, 2.24) is 4.90 Å². The molecular formula is C19H18Cl2N2O5. The Labute approximate surface area is 171 Å². The van der Waals surface area contributed by atoms with Crippen LogP contribution in [0.15, 0.2) is 30.3 Å². The van der Waals surface area contributed by atoms with Crippen molar-refractivity contribution >= 4 is 52.6 Å². The van der Waals surface area contributed by atoms with E-state index in [1.807, 2.05) is 0 Å². The normalized spacial score (nSPS) is 33.1. The van der Waals surface area contributed by atoms with E-state index >= 15 is 0 Å². The van der Waals surface area contributed by atoms with Crippen molar-refractivity contribution in [2.75, 3.05) is 18.5 Å². The molecule has 6 atom stereocenters. The fourth-order valence-electron chi connectivity index (χ4n) is 4.61. The maximum absolute atomic E-state index is 12.7. The lowest BCUT2D eigenvalue weighted by Gasteiger charge is -2.28. The van der Waals surface area contributed by atoms with Gasteiger partial charge in [-0.15, -0.1) is 23.2 Å². The summed E-state index contributed by atoms with van der Waals surface area (Å²) in [5.41, 5.74) is 0.572. The minimum Gasteiger partial charge on any atom is -0.454 e. The highest BCUT2D eigenvalue weighted by Crippen LogP contribution is 2.59. The summed E-state index contributed by atoms with van der Waals surface area (Å²) in [6, 6.07) is 8.71. The summed E-state index contributed by atoms with van der Waals surface area (Å²) >= 11 is 12.6. The molecule has 2 bridgehead atoms. The van der Waals surface area contributed by atoms with E-state index in [-0.39, 0.29) is 22.6 Å². The number of alkyl halides is 2. The average Bonchev–Trinajstić information content (AvgIpc) is 3.28. The maximum Gasteiger partial charge on any atom is 0.326 e. The number of nitrogens with one attached hydrogen (secondary N) is 1. The molecule has 3 amide bonds. The van der Waals surface area contributed by atoms with Gasteiger partial charge in [-0.25, -0.2) is 0 Å². The van der Waals surface area contributed by atoms with Gasteiger partial charge in [0, 0.05) is 5.69 Å². The van der Waals surface area contributed by atoms with Crippen molar-refractivity contribution in [3.63, 3.8) is 0 Å². The standard InChI is InChI=1S/C19H18Cl2N2O5/c20-16-10-6-11(17(16)21)15-14(10)18(26)23(19(15)27)7-13(25)28-8-12(24)22-9-4-2-1-3-5-9/h1-5,10-11,14-17H,6-8H2,(H,22,24)/t10-,11-,14-,15+,16-,17+/m1/s1. The van der Waals surface area contributed by atoms with Gasteiger partial charge in [-0.2, -0.15) is 0 Å². The highest BCUT2D eigenvalue weighted by Gasteiger charge is 2.66. The Morgan fingerprint density at radius 2 is 1.61 bits per heavy atom. The van der Waals surface area contributed by atoms with Crippen LogP contribution in [-0.4, -0.2) is 52.5 Å². The van der Waals surface area contributed by atoms with Crippen LogP contribution >= 0.6 is 23.2 Å². The lowest BCUT2D eigenvalue weighted by Crippen LogP contribution is -2.38. The highest BCUT2D eigenvalue weighted by atomic mass is 35.5. The van der Waals surface area contributed by atoms with Crippen LogP contribution in [0.1, 0.15) is 6.42 Å². The van der Waals surface area contributed by atoms with Gasteiger partial charge in [-0.3, -0.25) is 24.1 Å². The number of amides is 3. The summed E-state index contributed by atoms with van der Waals surface area (Å²) in [6.45, 7) is -1.02. The predicted octanol–water partition coefficient (Wildman–Crippen LogP) is 1.63. The van der Waals surface area contributed by atoms with Crippen LogP contribution in [0.4, 0.5) is 5.69 Å². The van der Waals surface area contributed by atoms with E-state index in [4.69, 9.17) is 27.9 Å². The number of ether oxygens (including phenoxy) is 1. The van der Waals surface area contributed by atoms with Crippen LogP contribution < -0.4 is 5.32 Å². The first-order valence-electron chi connectivity index (χ1n) is 9.02. The third kappa shape index (κ3) is 3.16. The van der Waals surface area contributed by atoms with Gasteiger partial charge < -0.3 is 10.1 Å². The zero-order chi connectivity index (χ0) is 20.0. The monoisotopic (exact) mass is 424 g/mol. The van der Waals surface area contributed by atoms with Gasteiger partial charge in [-0.1, -0.05) is 18.2 Å². The number of carbonyl (C=O) groups is 4. The molecule has 7 nitrogen and oxygen atoms in total. The molecule has 0 radical (unpaired) electrons. The predicted molar refractivity (Wildman–Crippen MR) is 101 cm³/mol. The molecule has 1 aromatic carbocycles. The number of hydrogen-bond donors (Lipinski definition) is 1. The quantitative estimate of drug-likeness (QED) is 0.440. The van der Waals surface area contributed by atoms with Gasteiger partial charge in [0.15, 0.2) is 6.61 Å². The van der Waals surface area contributed by atoms with Crippen molar-refractivity contribution in [2.24, 2.45) is 23.7 Å². The Balaban J connectivity index is 1.32. The molecule has 0 unspecified atom stereocenters. The van der Waals surface area contributed by atoms with Gasteiger partial charge in [0.25, 0.3) is 5.91 Å². The highest BCUT2D eigenvalue weighted by molar-refractivity contribution is 6.31. The first-order valence-corrected chi connectivity index (χ1v) is 9.89. The number of imide groups is 1. The molecule has 28 heavy (non-hydrogen) atoms. The van der Waals surface area contributed by atoms with E-state index in [0.29, 0.717) is 12.1 Å². The van der Waals surface area contributed by atoms with E-state index in [2.05, 4.69) is 5.32 Å². The number of likely N-dealkylation sites (tertiary alicyclic amines) is 1. The Bertz CT molecular complexity index is 801. The molecule has 0 aromatic heterocycles. The number of nitrogens with zero attached hydrogens (tertiary/aromatic N) is 1. The molecule has 9 heteroatoms. The third-order valence-electron chi connectivity index (χ3n) is 5.79. The van der Waals surface area contributed by atoms with Crippen LogP contribution in [0.5, 0.6) is 0 Å². The van der Waals surface area contributed by atoms with Crippen LogP contribution in [0.3, 0.4) is 0 Å². The number of rotatable bonds is 5. The molecule has 1 N–H and O–H groups in total. The lowest BCUT2D eigenvalue weighted by molar-refractivity contribution is -0.154. The summed E-state index contributed by atoms with van der Waals surface area (Å²) in [5, 5.41) is 1.88. The van der Waals surface area contributed by atoms with Crippen molar-refractivity contribution in [2.45, 2.75) is 17.2 Å². The van der Waals surface area contributed by atoms with E-state index in [9.17, 15) is 19.2 Å². The van der Waals surface area contributed by atoms with Crippen molar-refractivity contribution in [1.29, 1.82) is 0 Å². The van der Waals surface area contributed by atoms with Crippen molar-refractivity contribution < 1.29 is 23.9 Å². The van der Waals surface area contributed by atoms with E-state index in [1.54, 1.807) is 30.3 Å². The van der Waals surface area contributed by atoms with Gasteiger partial charge in [0.1, 0.15) is 6.54 Å². The molecule has 4 rings (SSSR count). The molecule has 2 saturated carbocycles. The minimum atomic E-state index is -0.818. The van der Waals surface area contributed by atoms with E-state index < -0.39 is 48.7 Å². The van der Waals surface area contributed by atoms with E-state index in [1.165, 1.54) is 0 Å². The van der Waals surface area contributed by atoms with Crippen LogP contribution in [-0.2, 0) is 23.9 Å². The lowest BCUT2D eigenvalue weighted by atomic mass is 9.80. The number of halogens is 2. The molecule has 2 aliphatic carbocycles. The molecule has 1 aromatic rings. The molecule has 3 aliphatic rings. The first-order chi connectivity index (χ1) is 13.4. The average molecular weight is 425 g/mol. The summed E-state index contributed by atoms with van der Waals surface area (Å²) in [7, 11) is 0. The zero-order valence-electron chi connectivity index (χ0n) is 14.7. The van der Waals surface area contributed by atoms with Crippen LogP contribution in [0, 0.1) is 23.7 Å². The second-order valence-corrected chi connectivity index (χ2v) is 8.35. The molecule has 1 aliphatic heterocycles. The van der Waals surface area contributed by atoms with Crippen molar-refractivity contribution in [3.8, 4) is 0 Å². The second-order valence-electron chi connectivity index (χ2n) is 7.34. The molecule has 0 spiro atoms. The van der Waals surface area contributed by atoms with Crippen molar-refractivity contribution in [3.05, 3.63) is 30.3 Å². The molecule has 1 saturated heterocycles. The number of para-hydroxylation sites is 1. The minimum absolute atomic E-state index is 0.145. The third-order valence-corrected chi connectivity index (χ3v) is 7.11. The zero-order valence-corrected chi connectivity index (χ0v) is 16.2. The van der Waals surface area contributed by atoms with Gasteiger partial charge in [0.05, 0.1) is 22.6 Å².